The zero-order valence-electron chi connectivity index (χ0n) is 9.83. The highest BCUT2D eigenvalue weighted by Gasteiger charge is 2.12. The third-order valence-corrected chi connectivity index (χ3v) is 4.08. The van der Waals surface area contributed by atoms with Crippen LogP contribution in [0.4, 0.5) is 5.82 Å². The maximum Gasteiger partial charge on any atom is 0.171 e. The average molecular weight is 312 g/mol. The van der Waals surface area contributed by atoms with E-state index in [0.717, 1.165) is 39.5 Å². The molecule has 0 aromatic carbocycles. The Balaban J connectivity index is 2.50. The Morgan fingerprint density at radius 3 is 2.82 bits per heavy atom. The van der Waals surface area contributed by atoms with Crippen molar-refractivity contribution in [2.75, 3.05) is 12.4 Å². The van der Waals surface area contributed by atoms with Gasteiger partial charge in [0.05, 0.1) is 15.0 Å². The Morgan fingerprint density at radius 1 is 1.41 bits per heavy atom. The number of thiophene rings is 1. The Hall–Kier alpha value is -0.940. The van der Waals surface area contributed by atoms with Crippen LogP contribution in [0, 0.1) is 0 Å². The highest BCUT2D eigenvalue weighted by molar-refractivity contribution is 9.10. The van der Waals surface area contributed by atoms with Crippen LogP contribution in [0.2, 0.25) is 0 Å². The van der Waals surface area contributed by atoms with Crippen LogP contribution in [0.1, 0.15) is 19.0 Å². The number of hydrogen-bond donors (Lipinski definition) is 1. The first-order valence-electron chi connectivity index (χ1n) is 5.54. The van der Waals surface area contributed by atoms with Gasteiger partial charge in [0.15, 0.2) is 5.82 Å². The topological polar surface area (TPSA) is 37.8 Å². The number of aryl methyl sites for hydroxylation is 1. The lowest BCUT2D eigenvalue weighted by molar-refractivity contribution is 0.869. The summed E-state index contributed by atoms with van der Waals surface area (Å²) in [6.45, 7) is 2.15. The van der Waals surface area contributed by atoms with Crippen LogP contribution in [0.3, 0.4) is 0 Å². The van der Waals surface area contributed by atoms with E-state index >= 15 is 0 Å². The quantitative estimate of drug-likeness (QED) is 0.928. The van der Waals surface area contributed by atoms with E-state index in [9.17, 15) is 0 Å². The largest absolute Gasteiger partial charge is 0.372 e. The van der Waals surface area contributed by atoms with Crippen LogP contribution in [-0.2, 0) is 6.42 Å². The molecule has 90 valence electrons. The first kappa shape index (κ1) is 12.5. The minimum Gasteiger partial charge on any atom is -0.372 e. The van der Waals surface area contributed by atoms with Crippen molar-refractivity contribution in [1.82, 2.24) is 9.97 Å². The molecule has 1 N–H and O–H groups in total. The van der Waals surface area contributed by atoms with Crippen LogP contribution >= 0.6 is 27.3 Å². The lowest BCUT2D eigenvalue weighted by Crippen LogP contribution is -2.02. The first-order valence-corrected chi connectivity index (χ1v) is 7.21. The van der Waals surface area contributed by atoms with Crippen LogP contribution in [0.15, 0.2) is 22.0 Å². The highest BCUT2D eigenvalue weighted by Crippen LogP contribution is 2.29. The van der Waals surface area contributed by atoms with Gasteiger partial charge >= 0.3 is 0 Å². The summed E-state index contributed by atoms with van der Waals surface area (Å²) >= 11 is 5.22. The van der Waals surface area contributed by atoms with Crippen molar-refractivity contribution in [2.24, 2.45) is 0 Å². The molecule has 0 aliphatic heterocycles. The molecule has 0 atom stereocenters. The van der Waals surface area contributed by atoms with Gasteiger partial charge in [-0.3, -0.25) is 0 Å². The number of aromatic nitrogens is 2. The van der Waals surface area contributed by atoms with Crippen molar-refractivity contribution in [1.29, 1.82) is 0 Å². The van der Waals surface area contributed by atoms with E-state index < -0.39 is 0 Å². The second-order valence-corrected chi connectivity index (χ2v) is 5.37. The van der Waals surface area contributed by atoms with Gasteiger partial charge in [-0.25, -0.2) is 9.97 Å². The summed E-state index contributed by atoms with van der Waals surface area (Å²) in [7, 11) is 1.88. The summed E-state index contributed by atoms with van der Waals surface area (Å²) in [5, 5.41) is 5.14. The van der Waals surface area contributed by atoms with E-state index in [2.05, 4.69) is 38.1 Å². The number of anilines is 1. The second-order valence-electron chi connectivity index (χ2n) is 3.63. The fourth-order valence-corrected chi connectivity index (χ4v) is 2.81. The number of halogens is 1. The molecule has 0 saturated carbocycles. The lowest BCUT2D eigenvalue weighted by atomic mass is 10.2. The molecule has 17 heavy (non-hydrogen) atoms. The van der Waals surface area contributed by atoms with Crippen LogP contribution in [0.25, 0.3) is 10.7 Å². The van der Waals surface area contributed by atoms with Gasteiger partial charge in [-0.15, -0.1) is 11.3 Å². The summed E-state index contributed by atoms with van der Waals surface area (Å²) in [6.07, 6.45) is 2.03. The molecule has 0 radical (unpaired) electrons. The maximum atomic E-state index is 4.63. The van der Waals surface area contributed by atoms with Crippen LogP contribution < -0.4 is 5.32 Å². The molecule has 2 rings (SSSR count). The summed E-state index contributed by atoms with van der Waals surface area (Å²) in [4.78, 5) is 10.2. The van der Waals surface area contributed by atoms with Crippen LogP contribution in [-0.4, -0.2) is 17.0 Å². The fourth-order valence-electron chi connectivity index (χ4n) is 1.58. The molecule has 0 saturated heterocycles. The van der Waals surface area contributed by atoms with E-state index in [-0.39, 0.29) is 0 Å². The number of rotatable bonds is 4. The average Bonchev–Trinajstić information content (AvgIpc) is 2.85. The third-order valence-electron chi connectivity index (χ3n) is 2.39. The van der Waals surface area contributed by atoms with Crippen molar-refractivity contribution in [3.63, 3.8) is 0 Å². The molecule has 0 fully saturated rings. The van der Waals surface area contributed by atoms with Gasteiger partial charge in [-0.1, -0.05) is 19.4 Å². The van der Waals surface area contributed by atoms with E-state index in [0.29, 0.717) is 0 Å². The van der Waals surface area contributed by atoms with Gasteiger partial charge in [0.25, 0.3) is 0 Å². The molecule has 2 heterocycles. The Bertz CT molecular complexity index is 497. The monoisotopic (exact) mass is 311 g/mol. The standard InChI is InChI=1S/C12H14BrN3S/c1-3-5-8-10(13)12(14-2)16-11(15-8)9-6-4-7-17-9/h4,6-7H,3,5H2,1-2H3,(H,14,15,16). The molecule has 0 bridgehead atoms. The normalized spacial score (nSPS) is 10.5. The summed E-state index contributed by atoms with van der Waals surface area (Å²) in [5.41, 5.74) is 1.07. The first-order chi connectivity index (χ1) is 8.26. The van der Waals surface area contributed by atoms with Gasteiger partial charge in [-0.2, -0.15) is 0 Å². The zero-order chi connectivity index (χ0) is 12.3. The SMILES string of the molecule is CCCc1nc(-c2cccs2)nc(NC)c1Br. The molecule has 0 unspecified atom stereocenters. The smallest absolute Gasteiger partial charge is 0.171 e. The molecular formula is C12H14BrN3S. The number of nitrogens with zero attached hydrogens (tertiary/aromatic N) is 2. The highest BCUT2D eigenvalue weighted by atomic mass is 79.9. The van der Waals surface area contributed by atoms with E-state index in [4.69, 9.17) is 0 Å². The summed E-state index contributed by atoms with van der Waals surface area (Å²) in [5.74, 6) is 1.66. The van der Waals surface area contributed by atoms with Crippen molar-refractivity contribution in [2.45, 2.75) is 19.8 Å². The molecule has 0 amide bonds. The molecule has 3 nitrogen and oxygen atoms in total. The van der Waals surface area contributed by atoms with Crippen molar-refractivity contribution < 1.29 is 0 Å². The molecule has 2 aromatic heterocycles. The lowest BCUT2D eigenvalue weighted by Gasteiger charge is -2.09. The molecule has 5 heteroatoms. The summed E-state index contributed by atoms with van der Waals surface area (Å²) < 4.78 is 0.974. The third kappa shape index (κ3) is 2.66. The number of nitrogens with one attached hydrogen (secondary N) is 1. The molecule has 2 aromatic rings. The molecule has 0 aliphatic carbocycles. The second kappa shape index (κ2) is 5.60. The van der Waals surface area contributed by atoms with Crippen LogP contribution in [0.5, 0.6) is 0 Å². The van der Waals surface area contributed by atoms with Gasteiger partial charge < -0.3 is 5.32 Å². The fraction of sp³-hybridized carbons (Fsp3) is 0.333. The van der Waals surface area contributed by atoms with E-state index in [1.54, 1.807) is 11.3 Å². The minimum absolute atomic E-state index is 0.802. The van der Waals surface area contributed by atoms with E-state index in [1.807, 2.05) is 24.6 Å². The van der Waals surface area contributed by atoms with Gasteiger partial charge in [0.2, 0.25) is 0 Å². The zero-order valence-corrected chi connectivity index (χ0v) is 12.2. The molecule has 0 spiro atoms. The van der Waals surface area contributed by atoms with Gasteiger partial charge in [-0.05, 0) is 33.8 Å². The Kier molecular flexibility index (Phi) is 4.12. The Labute approximate surface area is 113 Å². The predicted molar refractivity (Wildman–Crippen MR) is 76.6 cm³/mol. The maximum absolute atomic E-state index is 4.63. The predicted octanol–water partition coefficient (Wildman–Crippen LogP) is 3.96. The summed E-state index contributed by atoms with van der Waals surface area (Å²) in [6, 6.07) is 4.06. The minimum atomic E-state index is 0.802. The van der Waals surface area contributed by atoms with Crippen molar-refractivity contribution in [3.05, 3.63) is 27.7 Å². The van der Waals surface area contributed by atoms with Crippen molar-refractivity contribution >= 4 is 33.1 Å². The van der Waals surface area contributed by atoms with Gasteiger partial charge in [0, 0.05) is 7.05 Å². The molecule has 0 aliphatic rings. The number of hydrogen-bond acceptors (Lipinski definition) is 4. The van der Waals surface area contributed by atoms with Gasteiger partial charge in [0.1, 0.15) is 5.82 Å². The Morgan fingerprint density at radius 2 is 2.24 bits per heavy atom. The van der Waals surface area contributed by atoms with E-state index in [1.165, 1.54) is 0 Å². The molecular weight excluding hydrogens is 298 g/mol. The van der Waals surface area contributed by atoms with Crippen molar-refractivity contribution in [3.8, 4) is 10.7 Å².